The third kappa shape index (κ3) is 8.16. The third-order valence-electron chi connectivity index (χ3n) is 6.86. The van der Waals surface area contributed by atoms with E-state index in [9.17, 15) is 9.59 Å². The molecule has 3 rings (SSSR count). The van der Waals surface area contributed by atoms with Gasteiger partial charge in [-0.1, -0.05) is 38.0 Å². The average Bonchev–Trinajstić information content (AvgIpc) is 3.17. The van der Waals surface area contributed by atoms with Crippen molar-refractivity contribution in [2.75, 3.05) is 6.54 Å². The van der Waals surface area contributed by atoms with E-state index in [4.69, 9.17) is 13.9 Å². The van der Waals surface area contributed by atoms with Crippen molar-refractivity contribution in [1.29, 1.82) is 0 Å². The molecule has 1 aliphatic rings. The van der Waals surface area contributed by atoms with Gasteiger partial charge in [0.2, 0.25) is 11.8 Å². The summed E-state index contributed by atoms with van der Waals surface area (Å²) in [4.78, 5) is 32.1. The van der Waals surface area contributed by atoms with Gasteiger partial charge in [-0.05, 0) is 77.8 Å². The Balaban J connectivity index is 1.62. The first-order valence-electron chi connectivity index (χ1n) is 13.5. The van der Waals surface area contributed by atoms with Gasteiger partial charge < -0.3 is 18.8 Å². The quantitative estimate of drug-likeness (QED) is 0.370. The van der Waals surface area contributed by atoms with Crippen molar-refractivity contribution in [3.05, 3.63) is 41.3 Å². The van der Waals surface area contributed by atoms with Crippen molar-refractivity contribution >= 4 is 11.9 Å². The number of carbonyl (C=O) groups excluding carboxylic acids is 2. The van der Waals surface area contributed by atoms with Crippen LogP contribution in [-0.2, 0) is 25.7 Å². The molecule has 0 N–H and O–H groups in total. The second-order valence-electron chi connectivity index (χ2n) is 11.7. The molecule has 2 unspecified atom stereocenters. The van der Waals surface area contributed by atoms with Crippen LogP contribution in [0.3, 0.4) is 0 Å². The maximum atomic E-state index is 13.0. The maximum Gasteiger partial charge on any atom is 0.329 e. The minimum atomic E-state index is -0.602. The van der Waals surface area contributed by atoms with Crippen LogP contribution in [0.5, 0.6) is 0 Å². The van der Waals surface area contributed by atoms with Gasteiger partial charge in [0.15, 0.2) is 0 Å². The number of benzene rings is 1. The number of oxazole rings is 1. The first kappa shape index (κ1) is 28.9. The van der Waals surface area contributed by atoms with Crippen LogP contribution in [0.2, 0.25) is 0 Å². The first-order chi connectivity index (χ1) is 17.3. The molecule has 3 atom stereocenters. The van der Waals surface area contributed by atoms with Gasteiger partial charge in [0.25, 0.3) is 0 Å². The molecule has 37 heavy (non-hydrogen) atoms. The van der Waals surface area contributed by atoms with Crippen LogP contribution in [0.15, 0.2) is 28.7 Å². The standard InChI is InChI=1S/C30H44N2O5/c1-19(2)27(29(34)37-30(6,7)8)32(22(5)33)17-23-10-9-11-25(16-23)35-18-26-21(4)36-28(31-26)24-14-12-20(3)13-15-24/h12-15,19,23,25,27H,9-11,16-18H2,1-8H3/t23?,25?,27-/m0/s1. The summed E-state index contributed by atoms with van der Waals surface area (Å²) in [6.45, 7) is 15.9. The van der Waals surface area contributed by atoms with Crippen molar-refractivity contribution in [2.45, 2.75) is 105 Å². The van der Waals surface area contributed by atoms with Crippen molar-refractivity contribution in [3.8, 4) is 11.5 Å². The van der Waals surface area contributed by atoms with E-state index in [2.05, 4.69) is 11.9 Å². The second kappa shape index (κ2) is 12.2. The molecule has 0 bridgehead atoms. The molecule has 1 aromatic carbocycles. The molecule has 2 aromatic rings. The van der Waals surface area contributed by atoms with E-state index in [0.29, 0.717) is 19.0 Å². The lowest BCUT2D eigenvalue weighted by molar-refractivity contribution is -0.167. The summed E-state index contributed by atoms with van der Waals surface area (Å²) in [5, 5.41) is 0. The van der Waals surface area contributed by atoms with Gasteiger partial charge in [0.1, 0.15) is 23.1 Å². The zero-order chi connectivity index (χ0) is 27.3. The zero-order valence-corrected chi connectivity index (χ0v) is 23.8. The molecule has 0 aliphatic heterocycles. The number of aromatic nitrogens is 1. The van der Waals surface area contributed by atoms with E-state index in [0.717, 1.165) is 42.7 Å². The van der Waals surface area contributed by atoms with E-state index in [1.165, 1.54) is 12.5 Å². The highest BCUT2D eigenvalue weighted by atomic mass is 16.6. The van der Waals surface area contributed by atoms with Crippen LogP contribution < -0.4 is 0 Å². The van der Waals surface area contributed by atoms with E-state index in [-0.39, 0.29) is 29.8 Å². The number of esters is 1. The van der Waals surface area contributed by atoms with Gasteiger partial charge in [-0.25, -0.2) is 9.78 Å². The van der Waals surface area contributed by atoms with Crippen LogP contribution >= 0.6 is 0 Å². The fraction of sp³-hybridized carbons (Fsp3) is 0.633. The number of ether oxygens (including phenoxy) is 2. The summed E-state index contributed by atoms with van der Waals surface area (Å²) in [5.74, 6) is 1.14. The Hall–Kier alpha value is -2.67. The van der Waals surface area contributed by atoms with Crippen molar-refractivity contribution in [2.24, 2.45) is 11.8 Å². The number of nitrogens with zero attached hydrogens (tertiary/aromatic N) is 2. The van der Waals surface area contributed by atoms with Crippen molar-refractivity contribution in [3.63, 3.8) is 0 Å². The summed E-state index contributed by atoms with van der Waals surface area (Å²) >= 11 is 0. The lowest BCUT2D eigenvalue weighted by Gasteiger charge is -2.38. The van der Waals surface area contributed by atoms with Gasteiger partial charge in [-0.15, -0.1) is 0 Å². The Kier molecular flexibility index (Phi) is 9.57. The first-order valence-corrected chi connectivity index (χ1v) is 13.5. The molecule has 1 fully saturated rings. The van der Waals surface area contributed by atoms with Gasteiger partial charge in [0, 0.05) is 19.0 Å². The van der Waals surface area contributed by atoms with Crippen LogP contribution in [0.4, 0.5) is 0 Å². The third-order valence-corrected chi connectivity index (χ3v) is 6.86. The predicted octanol–water partition coefficient (Wildman–Crippen LogP) is 6.25. The topological polar surface area (TPSA) is 81.9 Å². The molecule has 1 aromatic heterocycles. The molecule has 1 saturated carbocycles. The zero-order valence-electron chi connectivity index (χ0n) is 23.8. The van der Waals surface area contributed by atoms with Crippen molar-refractivity contribution in [1.82, 2.24) is 9.88 Å². The Labute approximate surface area is 221 Å². The summed E-state index contributed by atoms with van der Waals surface area (Å²) in [7, 11) is 0. The van der Waals surface area contributed by atoms with Gasteiger partial charge in [-0.2, -0.15) is 0 Å². The van der Waals surface area contributed by atoms with E-state index < -0.39 is 11.6 Å². The number of aryl methyl sites for hydroxylation is 2. The molecule has 204 valence electrons. The monoisotopic (exact) mass is 512 g/mol. The van der Waals surface area contributed by atoms with Gasteiger partial charge in [0.05, 0.1) is 12.7 Å². The minimum Gasteiger partial charge on any atom is -0.458 e. The highest BCUT2D eigenvalue weighted by Crippen LogP contribution is 2.30. The Bertz CT molecular complexity index is 1050. The highest BCUT2D eigenvalue weighted by molar-refractivity contribution is 5.83. The number of carbonyl (C=O) groups is 2. The Morgan fingerprint density at radius 2 is 1.81 bits per heavy atom. The largest absolute Gasteiger partial charge is 0.458 e. The van der Waals surface area contributed by atoms with Gasteiger partial charge >= 0.3 is 5.97 Å². The van der Waals surface area contributed by atoms with Crippen LogP contribution in [0, 0.1) is 25.7 Å². The fourth-order valence-electron chi connectivity index (χ4n) is 4.97. The van der Waals surface area contributed by atoms with Crippen LogP contribution in [-0.4, -0.2) is 46.1 Å². The summed E-state index contributed by atoms with van der Waals surface area (Å²) in [6.07, 6.45) is 3.91. The van der Waals surface area contributed by atoms with Gasteiger partial charge in [-0.3, -0.25) is 4.79 Å². The molecule has 1 amide bonds. The minimum absolute atomic E-state index is 0.0488. The summed E-state index contributed by atoms with van der Waals surface area (Å²) < 4.78 is 17.9. The van der Waals surface area contributed by atoms with E-state index >= 15 is 0 Å². The Morgan fingerprint density at radius 3 is 2.41 bits per heavy atom. The molecule has 0 saturated heterocycles. The molecule has 7 nitrogen and oxygen atoms in total. The molecular weight excluding hydrogens is 468 g/mol. The van der Waals surface area contributed by atoms with Crippen LogP contribution in [0.25, 0.3) is 11.5 Å². The molecule has 0 spiro atoms. The smallest absolute Gasteiger partial charge is 0.329 e. The summed E-state index contributed by atoms with van der Waals surface area (Å²) in [6, 6.07) is 7.52. The number of amides is 1. The number of rotatable bonds is 9. The predicted molar refractivity (Wildman–Crippen MR) is 144 cm³/mol. The summed E-state index contributed by atoms with van der Waals surface area (Å²) in [5.41, 5.74) is 2.35. The molecule has 7 heteroatoms. The van der Waals surface area contributed by atoms with Crippen LogP contribution in [0.1, 0.15) is 84.2 Å². The second-order valence-corrected chi connectivity index (χ2v) is 11.7. The normalized spacial score (nSPS) is 19.1. The molecular formula is C30H44N2O5. The SMILES string of the molecule is CC(=O)N(CC1CCCC(OCc2nc(-c3ccc(C)cc3)oc2C)C1)[C@H](C(=O)OC(C)(C)C)C(C)C. The fourth-order valence-corrected chi connectivity index (χ4v) is 4.97. The van der Waals surface area contributed by atoms with E-state index in [1.807, 2.05) is 65.8 Å². The molecule has 1 heterocycles. The lowest BCUT2D eigenvalue weighted by Crippen LogP contribution is -2.51. The number of hydrogen-bond acceptors (Lipinski definition) is 6. The Morgan fingerprint density at radius 1 is 1.14 bits per heavy atom. The highest BCUT2D eigenvalue weighted by Gasteiger charge is 2.36. The van der Waals surface area contributed by atoms with E-state index in [1.54, 1.807) is 4.90 Å². The lowest BCUT2D eigenvalue weighted by atomic mass is 9.86. The van der Waals surface area contributed by atoms with Crippen molar-refractivity contribution < 1.29 is 23.5 Å². The molecule has 1 aliphatic carbocycles. The average molecular weight is 513 g/mol. The maximum absolute atomic E-state index is 13.0. The molecule has 0 radical (unpaired) electrons. The number of hydrogen-bond donors (Lipinski definition) is 0.